The van der Waals surface area contributed by atoms with Gasteiger partial charge in [0.1, 0.15) is 6.54 Å². The average molecular weight is 379 g/mol. The third-order valence-corrected chi connectivity index (χ3v) is 6.78. The number of aryl methyl sites for hydroxylation is 1. The van der Waals surface area contributed by atoms with Gasteiger partial charge in [-0.2, -0.15) is 0 Å². The van der Waals surface area contributed by atoms with Gasteiger partial charge in [-0.3, -0.25) is 24.1 Å². The Kier molecular flexibility index (Phi) is 3.79. The maximum atomic E-state index is 12.8. The van der Waals surface area contributed by atoms with Gasteiger partial charge >= 0.3 is 5.97 Å². The maximum absolute atomic E-state index is 12.8. The van der Waals surface area contributed by atoms with Crippen LogP contribution in [0.15, 0.2) is 36.4 Å². The highest BCUT2D eigenvalue weighted by atomic mass is 16.5. The van der Waals surface area contributed by atoms with E-state index < -0.39 is 19.1 Å². The Morgan fingerprint density at radius 3 is 2.14 bits per heavy atom. The topological polar surface area (TPSA) is 80.8 Å². The lowest BCUT2D eigenvalue weighted by Crippen LogP contribution is -2.40. The Balaban J connectivity index is 1.21. The fourth-order valence-electron chi connectivity index (χ4n) is 5.32. The lowest BCUT2D eigenvalue weighted by atomic mass is 9.63. The lowest BCUT2D eigenvalue weighted by Gasteiger charge is -2.37. The first-order chi connectivity index (χ1) is 13.5. The van der Waals surface area contributed by atoms with E-state index in [9.17, 15) is 19.2 Å². The summed E-state index contributed by atoms with van der Waals surface area (Å²) in [5.41, 5.74) is 1.49. The second kappa shape index (κ2) is 6.12. The Labute approximate surface area is 162 Å². The van der Waals surface area contributed by atoms with Gasteiger partial charge in [-0.15, -0.1) is 0 Å². The van der Waals surface area contributed by atoms with Crippen LogP contribution in [0, 0.1) is 42.4 Å². The van der Waals surface area contributed by atoms with Crippen molar-refractivity contribution >= 4 is 23.6 Å². The van der Waals surface area contributed by atoms with Crippen LogP contribution in [0.2, 0.25) is 0 Å². The number of benzene rings is 1. The Hall–Kier alpha value is -2.76. The van der Waals surface area contributed by atoms with Crippen molar-refractivity contribution in [1.29, 1.82) is 0 Å². The number of rotatable bonds is 5. The zero-order valence-corrected chi connectivity index (χ0v) is 15.5. The summed E-state index contributed by atoms with van der Waals surface area (Å²) in [6.07, 6.45) is 5.28. The molecule has 4 aliphatic carbocycles. The molecular weight excluding hydrogens is 358 g/mol. The standard InChI is InChI=1S/C22H21NO5/c1-11-2-4-12(5-3-11)17(24)10-28-18(25)9-23-21(26)19-13-6-7-14(16-8-15(13)16)20(19)22(23)27/h2-7,13-16,19-20H,8-10H2,1H3/t13-,14-,15-,16-,19-,20+/m0/s1. The molecule has 1 aliphatic heterocycles. The van der Waals surface area contributed by atoms with E-state index in [2.05, 4.69) is 12.2 Å². The molecule has 2 bridgehead atoms. The minimum absolute atomic E-state index is 0.126. The van der Waals surface area contributed by atoms with E-state index in [0.29, 0.717) is 17.4 Å². The van der Waals surface area contributed by atoms with Crippen LogP contribution in [-0.2, 0) is 19.1 Å². The summed E-state index contributed by atoms with van der Waals surface area (Å²) in [6.45, 7) is 1.10. The first-order valence-electron chi connectivity index (χ1n) is 9.75. The van der Waals surface area contributed by atoms with Gasteiger partial charge in [0.15, 0.2) is 12.4 Å². The molecule has 0 radical (unpaired) electrons. The summed E-state index contributed by atoms with van der Waals surface area (Å²) in [7, 11) is 0. The summed E-state index contributed by atoms with van der Waals surface area (Å²) in [5, 5.41) is 0. The van der Waals surface area contributed by atoms with Crippen LogP contribution in [-0.4, -0.2) is 41.6 Å². The van der Waals surface area contributed by atoms with Crippen molar-refractivity contribution < 1.29 is 23.9 Å². The molecule has 1 aromatic rings. The molecule has 6 heteroatoms. The smallest absolute Gasteiger partial charge is 0.326 e. The highest BCUT2D eigenvalue weighted by Gasteiger charge is 2.67. The number of hydrogen-bond acceptors (Lipinski definition) is 5. The van der Waals surface area contributed by atoms with Crippen molar-refractivity contribution in [1.82, 2.24) is 4.90 Å². The van der Waals surface area contributed by atoms with Crippen LogP contribution in [0.25, 0.3) is 0 Å². The number of carbonyl (C=O) groups excluding carboxylic acids is 4. The summed E-state index contributed by atoms with van der Waals surface area (Å²) < 4.78 is 5.05. The van der Waals surface area contributed by atoms with E-state index in [4.69, 9.17) is 4.74 Å². The number of hydrogen-bond donors (Lipinski definition) is 0. The van der Waals surface area contributed by atoms with Crippen LogP contribution in [0.4, 0.5) is 0 Å². The van der Waals surface area contributed by atoms with Gasteiger partial charge in [0.2, 0.25) is 11.8 Å². The van der Waals surface area contributed by atoms with E-state index in [0.717, 1.165) is 16.9 Å². The fraction of sp³-hybridized carbons (Fsp3) is 0.455. The average Bonchev–Trinajstić information content (AvgIpc) is 3.48. The molecular formula is C22H21NO5. The number of nitrogens with zero attached hydrogens (tertiary/aromatic N) is 1. The molecule has 6 rings (SSSR count). The largest absolute Gasteiger partial charge is 0.456 e. The molecule has 6 atom stereocenters. The first kappa shape index (κ1) is 17.3. The summed E-state index contributed by atoms with van der Waals surface area (Å²) in [4.78, 5) is 51.0. The van der Waals surface area contributed by atoms with Gasteiger partial charge in [-0.1, -0.05) is 42.0 Å². The van der Waals surface area contributed by atoms with Crippen molar-refractivity contribution in [3.63, 3.8) is 0 Å². The molecule has 0 unspecified atom stereocenters. The third kappa shape index (κ3) is 2.54. The number of allylic oxidation sites excluding steroid dienone is 2. The monoisotopic (exact) mass is 379 g/mol. The normalized spacial score (nSPS) is 34.2. The van der Waals surface area contributed by atoms with E-state index in [-0.39, 0.29) is 41.3 Å². The first-order valence-corrected chi connectivity index (χ1v) is 9.75. The number of likely N-dealkylation sites (tertiary alicyclic amines) is 1. The Morgan fingerprint density at radius 1 is 1.00 bits per heavy atom. The summed E-state index contributed by atoms with van der Waals surface area (Å²) >= 11 is 0. The molecule has 0 aromatic heterocycles. The van der Waals surface area contributed by atoms with Gasteiger partial charge < -0.3 is 4.74 Å². The second-order valence-corrected chi connectivity index (χ2v) is 8.37. The minimum atomic E-state index is -0.730. The van der Waals surface area contributed by atoms with Gasteiger partial charge in [-0.05, 0) is 37.0 Å². The Morgan fingerprint density at radius 2 is 1.57 bits per heavy atom. The summed E-state index contributed by atoms with van der Waals surface area (Å²) in [6, 6.07) is 6.98. The molecule has 5 aliphatic rings. The van der Waals surface area contributed by atoms with Crippen molar-refractivity contribution in [2.24, 2.45) is 35.5 Å². The Bertz CT molecular complexity index is 881. The predicted molar refractivity (Wildman–Crippen MR) is 97.9 cm³/mol. The van der Waals surface area contributed by atoms with Crippen molar-refractivity contribution in [2.45, 2.75) is 13.3 Å². The highest BCUT2D eigenvalue weighted by Crippen LogP contribution is 2.65. The molecule has 2 amide bonds. The van der Waals surface area contributed by atoms with Crippen molar-refractivity contribution in [3.8, 4) is 0 Å². The zero-order chi connectivity index (χ0) is 19.6. The van der Waals surface area contributed by atoms with Crippen LogP contribution >= 0.6 is 0 Å². The van der Waals surface area contributed by atoms with E-state index in [1.54, 1.807) is 12.1 Å². The van der Waals surface area contributed by atoms with E-state index in [1.807, 2.05) is 19.1 Å². The molecule has 1 saturated heterocycles. The van der Waals surface area contributed by atoms with Crippen molar-refractivity contribution in [3.05, 3.63) is 47.5 Å². The molecule has 1 aromatic carbocycles. The second-order valence-electron chi connectivity index (χ2n) is 8.37. The quantitative estimate of drug-likeness (QED) is 0.337. The SMILES string of the molecule is Cc1ccc(C(=O)COC(=O)CN2C(=O)[C@@H]3[C@H]4C=C[C@@H]([C@@H]5C[C@@H]45)[C@@H]3C2=O)cc1. The molecule has 1 heterocycles. The van der Waals surface area contributed by atoms with E-state index in [1.165, 1.54) is 0 Å². The number of carbonyl (C=O) groups is 4. The molecule has 0 N–H and O–H groups in total. The molecule has 28 heavy (non-hydrogen) atoms. The number of imide groups is 1. The minimum Gasteiger partial charge on any atom is -0.456 e. The lowest BCUT2D eigenvalue weighted by molar-refractivity contribution is -0.152. The molecule has 2 saturated carbocycles. The fourth-order valence-corrected chi connectivity index (χ4v) is 5.32. The van der Waals surface area contributed by atoms with Gasteiger partial charge in [-0.25, -0.2) is 0 Å². The summed E-state index contributed by atoms with van der Waals surface area (Å²) in [5.74, 6) is -0.931. The highest BCUT2D eigenvalue weighted by molar-refractivity contribution is 6.08. The zero-order valence-electron chi connectivity index (χ0n) is 15.5. The number of esters is 1. The molecule has 3 fully saturated rings. The molecule has 0 spiro atoms. The van der Waals surface area contributed by atoms with Gasteiger partial charge in [0, 0.05) is 5.56 Å². The maximum Gasteiger partial charge on any atom is 0.326 e. The number of ether oxygens (including phenoxy) is 1. The third-order valence-electron chi connectivity index (χ3n) is 6.78. The number of ketones is 1. The van der Waals surface area contributed by atoms with Crippen LogP contribution in [0.3, 0.4) is 0 Å². The number of amides is 2. The van der Waals surface area contributed by atoms with Crippen LogP contribution in [0.5, 0.6) is 0 Å². The molecule has 144 valence electrons. The predicted octanol–water partition coefficient (Wildman–Crippen LogP) is 1.77. The van der Waals surface area contributed by atoms with Crippen molar-refractivity contribution in [2.75, 3.05) is 13.2 Å². The van der Waals surface area contributed by atoms with E-state index >= 15 is 0 Å². The van der Waals surface area contributed by atoms with Gasteiger partial charge in [0.05, 0.1) is 11.8 Å². The van der Waals surface area contributed by atoms with Gasteiger partial charge in [0.25, 0.3) is 0 Å². The molecule has 6 nitrogen and oxygen atoms in total. The van der Waals surface area contributed by atoms with Crippen LogP contribution < -0.4 is 0 Å². The number of Topliss-reactive ketones (excluding diaryl/α,β-unsaturated/α-hetero) is 1. The van der Waals surface area contributed by atoms with Crippen LogP contribution in [0.1, 0.15) is 22.3 Å².